The number of hydrogen-bond donors (Lipinski definition) is 2. The van der Waals surface area contributed by atoms with Crippen LogP contribution < -0.4 is 15.4 Å². The van der Waals surface area contributed by atoms with Crippen molar-refractivity contribution in [1.29, 1.82) is 0 Å². The molecule has 6 nitrogen and oxygen atoms in total. The number of benzene rings is 2. The number of nitrogens with zero attached hydrogens (tertiary/aromatic N) is 2. The van der Waals surface area contributed by atoms with E-state index in [2.05, 4.69) is 21.0 Å². The predicted molar refractivity (Wildman–Crippen MR) is 113 cm³/mol. The SMILES string of the molecule is CNC(=O)c1ccc(Nc2ncc3scc(-c4ccccc4OC)c3n2)cc1. The van der Waals surface area contributed by atoms with E-state index in [-0.39, 0.29) is 5.91 Å². The topological polar surface area (TPSA) is 76.1 Å². The molecule has 2 aromatic heterocycles. The number of nitrogens with one attached hydrogen (secondary N) is 2. The number of thiophene rings is 1. The molecule has 0 aliphatic carbocycles. The van der Waals surface area contributed by atoms with Gasteiger partial charge in [0, 0.05) is 34.8 Å². The van der Waals surface area contributed by atoms with E-state index >= 15 is 0 Å². The average Bonchev–Trinajstić information content (AvgIpc) is 3.16. The van der Waals surface area contributed by atoms with E-state index < -0.39 is 0 Å². The number of hydrogen-bond acceptors (Lipinski definition) is 6. The molecule has 1 amide bonds. The molecule has 4 rings (SSSR count). The molecule has 7 heteroatoms. The van der Waals surface area contributed by atoms with Crippen LogP contribution in [-0.4, -0.2) is 30.0 Å². The first kappa shape index (κ1) is 17.9. The number of anilines is 2. The molecule has 0 saturated carbocycles. The lowest BCUT2D eigenvalue weighted by Gasteiger charge is -2.08. The van der Waals surface area contributed by atoms with E-state index in [4.69, 9.17) is 9.72 Å². The first-order valence-corrected chi connectivity index (χ1v) is 9.54. The highest BCUT2D eigenvalue weighted by Crippen LogP contribution is 2.37. The van der Waals surface area contributed by atoms with Gasteiger partial charge in [-0.05, 0) is 30.3 Å². The van der Waals surface area contributed by atoms with Crippen LogP contribution in [0.25, 0.3) is 21.3 Å². The van der Waals surface area contributed by atoms with Crippen molar-refractivity contribution in [3.05, 3.63) is 65.7 Å². The third kappa shape index (κ3) is 3.39. The number of para-hydroxylation sites is 1. The molecule has 0 radical (unpaired) electrons. The van der Waals surface area contributed by atoms with Gasteiger partial charge < -0.3 is 15.4 Å². The molecule has 2 aromatic carbocycles. The molecular weight excluding hydrogens is 372 g/mol. The standard InChI is InChI=1S/C21H18N4O2S/c1-22-20(26)13-7-9-14(10-8-13)24-21-23-11-18-19(25-21)16(12-28-18)15-5-3-4-6-17(15)27-2/h3-12H,1-2H3,(H,22,26)(H,23,24,25). The molecule has 0 aliphatic rings. The Morgan fingerprint density at radius 3 is 2.61 bits per heavy atom. The number of rotatable bonds is 5. The highest BCUT2D eigenvalue weighted by atomic mass is 32.1. The van der Waals surface area contributed by atoms with Crippen molar-refractivity contribution in [2.45, 2.75) is 0 Å². The zero-order valence-corrected chi connectivity index (χ0v) is 16.2. The third-order valence-electron chi connectivity index (χ3n) is 4.34. The van der Waals surface area contributed by atoms with Gasteiger partial charge in [-0.15, -0.1) is 11.3 Å². The molecule has 140 valence electrons. The minimum absolute atomic E-state index is 0.121. The van der Waals surface area contributed by atoms with E-state index in [1.165, 1.54) is 0 Å². The fourth-order valence-electron chi connectivity index (χ4n) is 2.92. The summed E-state index contributed by atoms with van der Waals surface area (Å²) in [6.45, 7) is 0. The largest absolute Gasteiger partial charge is 0.496 e. The van der Waals surface area contributed by atoms with E-state index in [1.54, 1.807) is 37.6 Å². The van der Waals surface area contributed by atoms with Crippen LogP contribution >= 0.6 is 11.3 Å². The summed E-state index contributed by atoms with van der Waals surface area (Å²) in [5.41, 5.74) is 4.28. The first-order chi connectivity index (χ1) is 13.7. The smallest absolute Gasteiger partial charge is 0.251 e. The molecule has 0 atom stereocenters. The number of ether oxygens (including phenoxy) is 1. The minimum Gasteiger partial charge on any atom is -0.496 e. The molecule has 0 bridgehead atoms. The van der Waals surface area contributed by atoms with E-state index in [9.17, 15) is 4.79 Å². The Labute approximate surface area is 166 Å². The Morgan fingerprint density at radius 2 is 1.86 bits per heavy atom. The van der Waals surface area contributed by atoms with Gasteiger partial charge in [0.2, 0.25) is 5.95 Å². The van der Waals surface area contributed by atoms with Gasteiger partial charge in [0.25, 0.3) is 5.91 Å². The highest BCUT2D eigenvalue weighted by Gasteiger charge is 2.13. The first-order valence-electron chi connectivity index (χ1n) is 8.66. The molecular formula is C21H18N4O2S. The van der Waals surface area contributed by atoms with Gasteiger partial charge in [0.1, 0.15) is 5.75 Å². The minimum atomic E-state index is -0.121. The summed E-state index contributed by atoms with van der Waals surface area (Å²) in [5, 5.41) is 7.87. The van der Waals surface area contributed by atoms with Crippen LogP contribution in [0.1, 0.15) is 10.4 Å². The van der Waals surface area contributed by atoms with Crippen LogP contribution in [0.2, 0.25) is 0 Å². The number of methoxy groups -OCH3 is 1. The molecule has 0 spiro atoms. The predicted octanol–water partition coefficient (Wildman–Crippen LogP) is 4.47. The molecule has 0 aliphatic heterocycles. The van der Waals surface area contributed by atoms with Crippen molar-refractivity contribution >= 4 is 39.1 Å². The van der Waals surface area contributed by atoms with Gasteiger partial charge in [-0.3, -0.25) is 4.79 Å². The van der Waals surface area contributed by atoms with Gasteiger partial charge in [0.15, 0.2) is 0 Å². The van der Waals surface area contributed by atoms with Gasteiger partial charge >= 0.3 is 0 Å². The van der Waals surface area contributed by atoms with E-state index in [1.807, 2.05) is 42.6 Å². The maximum absolute atomic E-state index is 11.7. The molecule has 0 unspecified atom stereocenters. The Balaban J connectivity index is 1.67. The lowest BCUT2D eigenvalue weighted by molar-refractivity contribution is 0.0963. The number of fused-ring (bicyclic) bond motifs is 1. The van der Waals surface area contributed by atoms with Crippen LogP contribution in [0.3, 0.4) is 0 Å². The quantitative estimate of drug-likeness (QED) is 0.526. The maximum Gasteiger partial charge on any atom is 0.251 e. The van der Waals surface area contributed by atoms with E-state index in [0.29, 0.717) is 11.5 Å². The normalized spacial score (nSPS) is 10.6. The number of carbonyl (C=O) groups is 1. The summed E-state index contributed by atoms with van der Waals surface area (Å²) in [6.07, 6.45) is 1.81. The summed E-state index contributed by atoms with van der Waals surface area (Å²) in [6, 6.07) is 15.0. The molecule has 2 heterocycles. The Bertz CT molecular complexity index is 1140. The molecule has 28 heavy (non-hydrogen) atoms. The fraction of sp³-hybridized carbons (Fsp3) is 0.0952. The zero-order valence-electron chi connectivity index (χ0n) is 15.4. The van der Waals surface area contributed by atoms with Crippen LogP contribution in [0.5, 0.6) is 5.75 Å². The second-order valence-electron chi connectivity index (χ2n) is 6.04. The average molecular weight is 390 g/mol. The Hall–Kier alpha value is -3.45. The van der Waals surface area contributed by atoms with Crippen molar-refractivity contribution in [1.82, 2.24) is 15.3 Å². The zero-order chi connectivity index (χ0) is 19.5. The monoisotopic (exact) mass is 390 g/mol. The Morgan fingerprint density at radius 1 is 1.07 bits per heavy atom. The number of aromatic nitrogens is 2. The summed E-state index contributed by atoms with van der Waals surface area (Å²) in [5.74, 6) is 1.18. The van der Waals surface area contributed by atoms with E-state index in [0.717, 1.165) is 32.8 Å². The van der Waals surface area contributed by atoms with Crippen LogP contribution in [-0.2, 0) is 0 Å². The number of carbonyl (C=O) groups excluding carboxylic acids is 1. The summed E-state index contributed by atoms with van der Waals surface area (Å²) in [4.78, 5) is 20.8. The van der Waals surface area contributed by atoms with Crippen molar-refractivity contribution in [3.8, 4) is 16.9 Å². The second kappa shape index (κ2) is 7.66. The third-order valence-corrected chi connectivity index (χ3v) is 5.25. The molecule has 0 fully saturated rings. The van der Waals surface area contributed by atoms with Crippen molar-refractivity contribution in [2.75, 3.05) is 19.5 Å². The molecule has 4 aromatic rings. The summed E-state index contributed by atoms with van der Waals surface area (Å²) in [7, 11) is 3.27. The maximum atomic E-state index is 11.7. The van der Waals surface area contributed by atoms with Crippen molar-refractivity contribution in [3.63, 3.8) is 0 Å². The van der Waals surface area contributed by atoms with Crippen molar-refractivity contribution in [2.24, 2.45) is 0 Å². The number of amides is 1. The highest BCUT2D eigenvalue weighted by molar-refractivity contribution is 7.17. The van der Waals surface area contributed by atoms with Gasteiger partial charge in [0.05, 0.1) is 23.5 Å². The van der Waals surface area contributed by atoms with Crippen molar-refractivity contribution < 1.29 is 9.53 Å². The summed E-state index contributed by atoms with van der Waals surface area (Å²) < 4.78 is 6.50. The Kier molecular flexibility index (Phi) is 4.90. The summed E-state index contributed by atoms with van der Waals surface area (Å²) >= 11 is 1.60. The lowest BCUT2D eigenvalue weighted by atomic mass is 10.1. The van der Waals surface area contributed by atoms with Crippen LogP contribution in [0, 0.1) is 0 Å². The second-order valence-corrected chi connectivity index (χ2v) is 6.95. The molecule has 2 N–H and O–H groups in total. The van der Waals surface area contributed by atoms with Gasteiger partial charge in [-0.1, -0.05) is 18.2 Å². The van der Waals surface area contributed by atoms with Gasteiger partial charge in [-0.2, -0.15) is 0 Å². The lowest BCUT2D eigenvalue weighted by Crippen LogP contribution is -2.17. The van der Waals surface area contributed by atoms with Gasteiger partial charge in [-0.25, -0.2) is 9.97 Å². The fourth-order valence-corrected chi connectivity index (χ4v) is 3.79. The molecule has 0 saturated heterocycles. The van der Waals surface area contributed by atoms with Crippen LogP contribution in [0.4, 0.5) is 11.6 Å². The van der Waals surface area contributed by atoms with Crippen LogP contribution in [0.15, 0.2) is 60.1 Å².